The van der Waals surface area contributed by atoms with Crippen LogP contribution in [0.15, 0.2) is 66.2 Å². The lowest BCUT2D eigenvalue weighted by atomic mass is 10.1. The summed E-state index contributed by atoms with van der Waals surface area (Å²) >= 11 is 0. The second kappa shape index (κ2) is 7.56. The molecule has 0 fully saturated rings. The molecular weight excluding hydrogens is 392 g/mol. The van der Waals surface area contributed by atoms with E-state index in [0.717, 1.165) is 63.8 Å². The summed E-state index contributed by atoms with van der Waals surface area (Å²) in [4.78, 5) is 20.2. The molecule has 154 valence electrons. The molecule has 3 N–H and O–H groups in total. The predicted octanol–water partition coefficient (Wildman–Crippen LogP) is 4.22. The van der Waals surface area contributed by atoms with Gasteiger partial charge in [-0.15, -0.1) is 0 Å². The third-order valence-corrected chi connectivity index (χ3v) is 5.34. The molecule has 2 aromatic heterocycles. The Morgan fingerprint density at radius 2 is 1.94 bits per heavy atom. The van der Waals surface area contributed by atoms with Crippen LogP contribution in [0.25, 0.3) is 16.9 Å². The summed E-state index contributed by atoms with van der Waals surface area (Å²) in [6.07, 6.45) is 6.88. The Labute approximate surface area is 178 Å². The van der Waals surface area contributed by atoms with E-state index >= 15 is 0 Å². The third-order valence-electron chi connectivity index (χ3n) is 5.34. The van der Waals surface area contributed by atoms with Crippen LogP contribution >= 0.6 is 0 Å². The number of hydrogen-bond donors (Lipinski definition) is 3. The molecule has 31 heavy (non-hydrogen) atoms. The largest absolute Gasteiger partial charge is 0.411 e. The number of anilines is 3. The molecule has 0 saturated heterocycles. The molecule has 8 heteroatoms. The fourth-order valence-electron chi connectivity index (χ4n) is 3.93. The summed E-state index contributed by atoms with van der Waals surface area (Å²) in [5.41, 5.74) is 6.93. The summed E-state index contributed by atoms with van der Waals surface area (Å²) in [7, 11) is 0. The van der Waals surface area contributed by atoms with Crippen LogP contribution in [-0.2, 0) is 11.2 Å². The lowest BCUT2D eigenvalue weighted by Crippen LogP contribution is -2.05. The van der Waals surface area contributed by atoms with Crippen LogP contribution in [0.3, 0.4) is 0 Å². The number of amides is 1. The fourth-order valence-corrected chi connectivity index (χ4v) is 3.93. The molecule has 0 radical (unpaired) electrons. The average Bonchev–Trinajstić information content (AvgIpc) is 3.35. The highest BCUT2D eigenvalue weighted by atomic mass is 16.4. The van der Waals surface area contributed by atoms with Crippen molar-refractivity contribution in [1.29, 1.82) is 0 Å². The third kappa shape index (κ3) is 3.48. The number of carbonyl (C=O) groups is 1. The number of carbonyl (C=O) groups excluding carboxylic acids is 1. The maximum atomic E-state index is 11.3. The van der Waals surface area contributed by atoms with Gasteiger partial charge in [-0.2, -0.15) is 0 Å². The molecule has 0 spiro atoms. The topological polar surface area (TPSA) is 104 Å². The molecule has 0 atom stereocenters. The number of aryl methyl sites for hydroxylation is 1. The van der Waals surface area contributed by atoms with Gasteiger partial charge in [-0.05, 0) is 42.7 Å². The molecule has 2 heterocycles. The molecule has 5 rings (SSSR count). The molecule has 0 bridgehead atoms. The van der Waals surface area contributed by atoms with Crippen LogP contribution in [0.5, 0.6) is 0 Å². The second-order valence-corrected chi connectivity index (χ2v) is 7.42. The van der Waals surface area contributed by atoms with Crippen LogP contribution in [-0.4, -0.2) is 31.2 Å². The Kier molecular flexibility index (Phi) is 4.59. The first kappa shape index (κ1) is 18.8. The quantitative estimate of drug-likeness (QED) is 0.344. The van der Waals surface area contributed by atoms with E-state index in [2.05, 4.69) is 26.8 Å². The Morgan fingerprint density at radius 1 is 1.13 bits per heavy atom. The van der Waals surface area contributed by atoms with Crippen molar-refractivity contribution in [3.05, 3.63) is 72.2 Å². The van der Waals surface area contributed by atoms with Gasteiger partial charge in [-0.25, -0.2) is 4.98 Å². The Hall–Kier alpha value is -4.20. The number of imidazole rings is 1. The van der Waals surface area contributed by atoms with Crippen LogP contribution < -0.4 is 10.6 Å². The van der Waals surface area contributed by atoms with Crippen LogP contribution in [0.2, 0.25) is 0 Å². The van der Waals surface area contributed by atoms with E-state index in [-0.39, 0.29) is 5.91 Å². The predicted molar refractivity (Wildman–Crippen MR) is 119 cm³/mol. The molecule has 0 unspecified atom stereocenters. The van der Waals surface area contributed by atoms with Crippen molar-refractivity contribution in [2.45, 2.75) is 19.8 Å². The molecule has 0 aliphatic heterocycles. The van der Waals surface area contributed by atoms with Gasteiger partial charge < -0.3 is 15.8 Å². The fraction of sp³-hybridized carbons (Fsp3) is 0.130. The van der Waals surface area contributed by atoms with Crippen molar-refractivity contribution in [1.82, 2.24) is 14.4 Å². The number of nitrogens with one attached hydrogen (secondary N) is 2. The highest BCUT2D eigenvalue weighted by molar-refractivity contribution is 6.04. The van der Waals surface area contributed by atoms with Gasteiger partial charge in [-0.3, -0.25) is 14.2 Å². The van der Waals surface area contributed by atoms with Crippen molar-refractivity contribution in [2.24, 2.45) is 5.16 Å². The average molecular weight is 412 g/mol. The zero-order valence-electron chi connectivity index (χ0n) is 16.8. The van der Waals surface area contributed by atoms with Gasteiger partial charge in [0.1, 0.15) is 11.5 Å². The first-order valence-electron chi connectivity index (χ1n) is 9.94. The Morgan fingerprint density at radius 3 is 2.71 bits per heavy atom. The smallest absolute Gasteiger partial charge is 0.221 e. The Bertz CT molecular complexity index is 1320. The number of rotatable bonds is 4. The van der Waals surface area contributed by atoms with E-state index in [1.54, 1.807) is 12.4 Å². The van der Waals surface area contributed by atoms with E-state index in [4.69, 9.17) is 10.2 Å². The van der Waals surface area contributed by atoms with Crippen molar-refractivity contribution >= 4 is 34.5 Å². The highest BCUT2D eigenvalue weighted by Gasteiger charge is 2.20. The van der Waals surface area contributed by atoms with Gasteiger partial charge in [0.25, 0.3) is 0 Å². The van der Waals surface area contributed by atoms with E-state index in [0.29, 0.717) is 0 Å². The molecule has 1 amide bonds. The second-order valence-electron chi connectivity index (χ2n) is 7.42. The molecule has 8 nitrogen and oxygen atoms in total. The number of hydrogen-bond acceptors (Lipinski definition) is 6. The lowest BCUT2D eigenvalue weighted by Gasteiger charge is -2.11. The molecule has 1 aliphatic carbocycles. The monoisotopic (exact) mass is 412 g/mol. The minimum absolute atomic E-state index is 0.111. The highest BCUT2D eigenvalue weighted by Crippen LogP contribution is 2.33. The summed E-state index contributed by atoms with van der Waals surface area (Å²) in [6.45, 7) is 1.48. The maximum Gasteiger partial charge on any atom is 0.221 e. The SMILES string of the molecule is CC(=O)Nc1ccc(-c2nc3cnccn3c2Nc2ccc3c(c2)CC/C3=N\O)cc1. The molecule has 2 aromatic carbocycles. The standard InChI is InChI=1S/C23H20N6O2/c1-14(30)25-17-5-2-15(3-6-17)22-23(29-11-10-24-13-21(29)27-22)26-18-7-8-19-16(12-18)4-9-20(19)28-31/h2-3,5-8,10-13,26,31H,4,9H2,1H3,(H,25,30)/b28-20+. The van der Waals surface area contributed by atoms with Gasteiger partial charge >= 0.3 is 0 Å². The minimum atomic E-state index is -0.111. The van der Waals surface area contributed by atoms with Crippen molar-refractivity contribution in [3.8, 4) is 11.3 Å². The number of aromatic nitrogens is 3. The summed E-state index contributed by atoms with van der Waals surface area (Å²) in [5.74, 6) is 0.707. The molecular formula is C23H20N6O2. The minimum Gasteiger partial charge on any atom is -0.411 e. The van der Waals surface area contributed by atoms with E-state index in [1.807, 2.05) is 47.0 Å². The molecule has 0 saturated carbocycles. The summed E-state index contributed by atoms with van der Waals surface area (Å²) in [5, 5.41) is 18.9. The Balaban J connectivity index is 1.55. The summed E-state index contributed by atoms with van der Waals surface area (Å²) in [6, 6.07) is 13.6. The van der Waals surface area contributed by atoms with Gasteiger partial charge in [0.2, 0.25) is 5.91 Å². The normalized spacial score (nSPS) is 14.0. The molecule has 4 aromatic rings. The van der Waals surface area contributed by atoms with Crippen molar-refractivity contribution < 1.29 is 10.0 Å². The van der Waals surface area contributed by atoms with Gasteiger partial charge in [0.15, 0.2) is 5.65 Å². The van der Waals surface area contributed by atoms with Crippen molar-refractivity contribution in [3.63, 3.8) is 0 Å². The molecule has 1 aliphatic rings. The zero-order chi connectivity index (χ0) is 21.4. The van der Waals surface area contributed by atoms with Crippen LogP contribution in [0.1, 0.15) is 24.5 Å². The number of oxime groups is 1. The first-order valence-corrected chi connectivity index (χ1v) is 9.94. The van der Waals surface area contributed by atoms with E-state index in [1.165, 1.54) is 6.92 Å². The number of benzene rings is 2. The van der Waals surface area contributed by atoms with Gasteiger partial charge in [-0.1, -0.05) is 23.4 Å². The number of fused-ring (bicyclic) bond motifs is 2. The first-order chi connectivity index (χ1) is 15.1. The number of nitrogens with zero attached hydrogens (tertiary/aromatic N) is 4. The van der Waals surface area contributed by atoms with E-state index < -0.39 is 0 Å². The van der Waals surface area contributed by atoms with Crippen LogP contribution in [0, 0.1) is 0 Å². The van der Waals surface area contributed by atoms with Crippen molar-refractivity contribution in [2.75, 3.05) is 10.6 Å². The van der Waals surface area contributed by atoms with Crippen LogP contribution in [0.4, 0.5) is 17.2 Å². The van der Waals surface area contributed by atoms with Gasteiger partial charge in [0, 0.05) is 41.8 Å². The summed E-state index contributed by atoms with van der Waals surface area (Å²) < 4.78 is 1.96. The van der Waals surface area contributed by atoms with E-state index in [9.17, 15) is 4.79 Å². The lowest BCUT2D eigenvalue weighted by molar-refractivity contribution is -0.114. The zero-order valence-corrected chi connectivity index (χ0v) is 16.8. The maximum absolute atomic E-state index is 11.3. The van der Waals surface area contributed by atoms with Gasteiger partial charge in [0.05, 0.1) is 11.9 Å².